The van der Waals surface area contributed by atoms with E-state index in [-0.39, 0.29) is 35.4 Å². The van der Waals surface area contributed by atoms with E-state index in [0.717, 1.165) is 100.0 Å². The molecule has 2 aliphatic heterocycles. The van der Waals surface area contributed by atoms with Gasteiger partial charge in [-0.3, -0.25) is 33.5 Å². The zero-order valence-corrected chi connectivity index (χ0v) is 34.0. The van der Waals surface area contributed by atoms with Crippen LogP contribution in [0.25, 0.3) is 21.9 Å². The lowest BCUT2D eigenvalue weighted by atomic mass is 9.85. The highest BCUT2D eigenvalue weighted by atomic mass is 19.4. The zero-order valence-electron chi connectivity index (χ0n) is 34.0. The molecule has 1 aliphatic carbocycles. The van der Waals surface area contributed by atoms with Crippen molar-refractivity contribution in [2.45, 2.75) is 82.7 Å². The molecule has 60 heavy (non-hydrogen) atoms. The number of hydrogen-bond acceptors (Lipinski definition) is 9. The number of hydrogen-bond donors (Lipinski definition) is 3. The Kier molecular flexibility index (Phi) is 11.2. The number of piperidine rings is 1. The summed E-state index contributed by atoms with van der Waals surface area (Å²) in [4.78, 5) is 59.3. The van der Waals surface area contributed by atoms with Gasteiger partial charge in [0.25, 0.3) is 5.91 Å². The molecule has 3 fully saturated rings. The maximum Gasteiger partial charge on any atom is 0.433 e. The van der Waals surface area contributed by atoms with E-state index in [0.29, 0.717) is 28.9 Å². The van der Waals surface area contributed by atoms with Gasteiger partial charge in [-0.05, 0) is 94.2 Å². The first-order chi connectivity index (χ1) is 28.5. The van der Waals surface area contributed by atoms with Crippen molar-refractivity contribution >= 4 is 45.3 Å². The molecule has 1 saturated carbocycles. The van der Waals surface area contributed by atoms with Crippen LogP contribution in [0.1, 0.15) is 91.8 Å². The number of carbonyl (C=O) groups is 3. The molecule has 0 bridgehead atoms. The number of imidazole rings is 1. The molecule has 3 aromatic heterocycles. The summed E-state index contributed by atoms with van der Waals surface area (Å²) in [6.07, 6.45) is 2.54. The fourth-order valence-corrected chi connectivity index (χ4v) is 9.18. The number of aliphatic hydroxyl groups is 1. The molecule has 3 amide bonds. The fourth-order valence-electron chi connectivity index (χ4n) is 9.18. The number of piperazine rings is 1. The Balaban J connectivity index is 0.847. The molecule has 1 atom stereocenters. The molecule has 8 rings (SSSR count). The number of carbonyl (C=O) groups excluding carboxylic acids is 3. The average molecular weight is 830 g/mol. The van der Waals surface area contributed by atoms with E-state index in [4.69, 9.17) is 5.10 Å². The predicted molar refractivity (Wildman–Crippen MR) is 218 cm³/mol. The molecule has 0 spiro atoms. The van der Waals surface area contributed by atoms with Gasteiger partial charge in [0.05, 0.1) is 28.2 Å². The van der Waals surface area contributed by atoms with Crippen molar-refractivity contribution in [3.8, 4) is 0 Å². The summed E-state index contributed by atoms with van der Waals surface area (Å²) in [5.41, 5.74) is 0.705. The third-order valence-electron chi connectivity index (χ3n) is 12.4. The van der Waals surface area contributed by atoms with Gasteiger partial charge in [-0.25, -0.2) is 9.78 Å². The second-order valence-electron chi connectivity index (χ2n) is 17.0. The molecule has 5 heterocycles. The Morgan fingerprint density at radius 2 is 1.67 bits per heavy atom. The molecular weight excluding hydrogens is 780 g/mol. The Hall–Kier alpha value is -5.39. The fraction of sp³-hybridized carbons (Fsp3) is 0.488. The van der Waals surface area contributed by atoms with E-state index in [9.17, 15) is 37.5 Å². The van der Waals surface area contributed by atoms with E-state index < -0.39 is 35.3 Å². The van der Waals surface area contributed by atoms with Gasteiger partial charge in [-0.1, -0.05) is 18.2 Å². The number of aromatic nitrogens is 5. The van der Waals surface area contributed by atoms with E-state index in [2.05, 4.69) is 25.4 Å². The van der Waals surface area contributed by atoms with Crippen molar-refractivity contribution in [3.63, 3.8) is 0 Å². The van der Waals surface area contributed by atoms with Crippen LogP contribution in [0.15, 0.2) is 59.5 Å². The molecule has 318 valence electrons. The van der Waals surface area contributed by atoms with Crippen LogP contribution in [0.5, 0.6) is 0 Å². The molecule has 0 radical (unpaired) electrons. The number of rotatable bonds is 10. The Bertz CT molecular complexity index is 2500. The lowest BCUT2D eigenvalue weighted by Crippen LogP contribution is -2.48. The molecule has 3 aliphatic rings. The van der Waals surface area contributed by atoms with Crippen molar-refractivity contribution in [1.29, 1.82) is 0 Å². The van der Waals surface area contributed by atoms with Gasteiger partial charge >= 0.3 is 11.9 Å². The van der Waals surface area contributed by atoms with Gasteiger partial charge in [0.15, 0.2) is 0 Å². The Morgan fingerprint density at radius 3 is 2.37 bits per heavy atom. The monoisotopic (exact) mass is 829 g/mol. The SMILES string of the molecule is Cn1c(=O)n(C2CCC(=O)NC2=O)c2cccc(CCN3CCN(C[C@H]4CC[C@H](n5cc6cc(NC(=O)c7cccc(C(F)(F)F)n7)c(C(C)(C)O)cc6n5)CC4)CC3)c21. The predicted octanol–water partition coefficient (Wildman–Crippen LogP) is 5.15. The maximum atomic E-state index is 13.3. The molecular formula is C43H50F3N9O5. The second kappa shape index (κ2) is 16.2. The van der Waals surface area contributed by atoms with E-state index in [1.165, 1.54) is 10.6 Å². The minimum Gasteiger partial charge on any atom is -0.386 e. The quantitative estimate of drug-likeness (QED) is 0.162. The van der Waals surface area contributed by atoms with Gasteiger partial charge in [0, 0.05) is 75.6 Å². The largest absolute Gasteiger partial charge is 0.433 e. The summed E-state index contributed by atoms with van der Waals surface area (Å²) < 4.78 is 44.9. The number of aryl methyl sites for hydroxylation is 1. The van der Waals surface area contributed by atoms with Crippen LogP contribution in [0.3, 0.4) is 0 Å². The number of fused-ring (bicyclic) bond motifs is 2. The molecule has 2 aromatic carbocycles. The highest BCUT2D eigenvalue weighted by Gasteiger charge is 2.34. The number of nitrogens with one attached hydrogen (secondary N) is 2. The smallest absolute Gasteiger partial charge is 0.386 e. The molecule has 17 heteroatoms. The third-order valence-corrected chi connectivity index (χ3v) is 12.4. The summed E-state index contributed by atoms with van der Waals surface area (Å²) in [5.74, 6) is -0.999. The first kappa shape index (κ1) is 41.3. The van der Waals surface area contributed by atoms with E-state index in [1.807, 2.05) is 29.1 Å². The minimum absolute atomic E-state index is 0.188. The number of imide groups is 1. The van der Waals surface area contributed by atoms with Crippen LogP contribution in [0, 0.1) is 5.92 Å². The third kappa shape index (κ3) is 8.47. The number of anilines is 1. The lowest BCUT2D eigenvalue weighted by Gasteiger charge is -2.38. The molecule has 3 N–H and O–H groups in total. The van der Waals surface area contributed by atoms with Crippen molar-refractivity contribution < 1.29 is 32.7 Å². The summed E-state index contributed by atoms with van der Waals surface area (Å²) in [6.45, 7) is 8.90. The number of halogens is 3. The van der Waals surface area contributed by atoms with Gasteiger partial charge in [0.2, 0.25) is 11.8 Å². The maximum absolute atomic E-state index is 13.3. The van der Waals surface area contributed by atoms with Crippen LogP contribution in [0.4, 0.5) is 18.9 Å². The normalized spacial score (nSPS) is 21.1. The molecule has 14 nitrogen and oxygen atoms in total. The van der Waals surface area contributed by atoms with Gasteiger partial charge in [-0.2, -0.15) is 18.3 Å². The highest BCUT2D eigenvalue weighted by Crippen LogP contribution is 2.37. The van der Waals surface area contributed by atoms with Crippen LogP contribution >= 0.6 is 0 Å². The standard InChI is InChI=1S/C43H50F3N9O5/c1-42(2,60)30-23-32-28(22-33(30)48-39(57)31-7-5-9-36(47-31)43(44,45)46)25-54(50-32)29-12-10-26(11-13-29)24-53-20-18-52(19-21-53)17-16-27-6-4-8-34-38(27)51(3)41(59)55(34)35-14-15-37(56)49-40(35)58/h4-9,22-23,25-26,29,35,60H,10-21,24H2,1-3H3,(H,48,57)(H,49,56,58)/t26-,29-,35?. The van der Waals surface area contributed by atoms with Gasteiger partial charge < -0.3 is 20.2 Å². The number of alkyl halides is 3. The lowest BCUT2D eigenvalue weighted by molar-refractivity contribution is -0.141. The van der Waals surface area contributed by atoms with Crippen molar-refractivity contribution in [1.82, 2.24) is 39.0 Å². The van der Waals surface area contributed by atoms with E-state index in [1.54, 1.807) is 37.6 Å². The average Bonchev–Trinajstić information content (AvgIpc) is 3.74. The summed E-state index contributed by atoms with van der Waals surface area (Å²) in [6, 6.07) is 11.9. The van der Waals surface area contributed by atoms with Crippen LogP contribution in [-0.2, 0) is 34.8 Å². The van der Waals surface area contributed by atoms with Crippen molar-refractivity contribution in [2.24, 2.45) is 13.0 Å². The van der Waals surface area contributed by atoms with Crippen molar-refractivity contribution in [2.75, 3.05) is 44.6 Å². The summed E-state index contributed by atoms with van der Waals surface area (Å²) in [7, 11) is 1.74. The first-order valence-electron chi connectivity index (χ1n) is 20.6. The van der Waals surface area contributed by atoms with Crippen LogP contribution in [-0.4, -0.2) is 95.8 Å². The minimum atomic E-state index is -4.69. The Labute approximate surface area is 344 Å². The van der Waals surface area contributed by atoms with Crippen LogP contribution in [0.2, 0.25) is 0 Å². The molecule has 5 aromatic rings. The summed E-state index contributed by atoms with van der Waals surface area (Å²) >= 11 is 0. The zero-order chi connectivity index (χ0) is 42.5. The molecule has 1 unspecified atom stereocenters. The number of nitrogens with zero attached hydrogens (tertiary/aromatic N) is 7. The number of pyridine rings is 1. The molecule has 2 saturated heterocycles. The second-order valence-corrected chi connectivity index (χ2v) is 17.0. The number of amides is 3. The van der Waals surface area contributed by atoms with Crippen LogP contribution < -0.4 is 16.3 Å². The first-order valence-corrected chi connectivity index (χ1v) is 20.6. The van der Waals surface area contributed by atoms with E-state index >= 15 is 0 Å². The van der Waals surface area contributed by atoms with Gasteiger partial charge in [-0.15, -0.1) is 0 Å². The number of benzene rings is 2. The van der Waals surface area contributed by atoms with Crippen molar-refractivity contribution in [3.05, 3.63) is 87.7 Å². The topological polar surface area (TPSA) is 160 Å². The highest BCUT2D eigenvalue weighted by molar-refractivity contribution is 6.04. The van der Waals surface area contributed by atoms with Gasteiger partial charge in [0.1, 0.15) is 17.4 Å². The Morgan fingerprint density at radius 1 is 0.950 bits per heavy atom. The number of para-hydroxylation sites is 1. The summed E-state index contributed by atoms with van der Waals surface area (Å²) in [5, 5.41) is 21.6.